The summed E-state index contributed by atoms with van der Waals surface area (Å²) in [7, 11) is 0. The zero-order valence-corrected chi connectivity index (χ0v) is 9.58. The van der Waals surface area contributed by atoms with Crippen molar-refractivity contribution in [1.82, 2.24) is 0 Å². The minimum absolute atomic E-state index is 0.0519. The SMILES string of the molecule is CC(C)(C)c1cccc(CCON)c1O. The molecular weight excluding hydrogens is 190 g/mol. The molecule has 1 aromatic rings. The Bertz CT molecular complexity index is 329. The fraction of sp³-hybridized carbons (Fsp3) is 0.500. The van der Waals surface area contributed by atoms with Gasteiger partial charge in [-0.15, -0.1) is 0 Å². The van der Waals surface area contributed by atoms with Gasteiger partial charge in [0, 0.05) is 6.42 Å². The van der Waals surface area contributed by atoms with E-state index in [1.54, 1.807) is 0 Å². The Morgan fingerprint density at radius 2 is 2.00 bits per heavy atom. The van der Waals surface area contributed by atoms with Crippen molar-refractivity contribution in [2.24, 2.45) is 5.90 Å². The van der Waals surface area contributed by atoms with Crippen LogP contribution in [0.2, 0.25) is 0 Å². The number of benzene rings is 1. The van der Waals surface area contributed by atoms with Crippen LogP contribution in [0, 0.1) is 0 Å². The Hall–Kier alpha value is -1.06. The lowest BCUT2D eigenvalue weighted by atomic mass is 9.85. The molecule has 15 heavy (non-hydrogen) atoms. The van der Waals surface area contributed by atoms with Crippen LogP contribution in [0.3, 0.4) is 0 Å². The van der Waals surface area contributed by atoms with E-state index in [-0.39, 0.29) is 5.41 Å². The Morgan fingerprint density at radius 3 is 2.53 bits per heavy atom. The minimum Gasteiger partial charge on any atom is -0.507 e. The summed E-state index contributed by atoms with van der Waals surface area (Å²) < 4.78 is 0. The Kier molecular flexibility index (Phi) is 3.72. The summed E-state index contributed by atoms with van der Waals surface area (Å²) in [6, 6.07) is 5.79. The van der Waals surface area contributed by atoms with Crippen LogP contribution in [0.4, 0.5) is 0 Å². The predicted molar refractivity (Wildman–Crippen MR) is 60.7 cm³/mol. The lowest BCUT2D eigenvalue weighted by Gasteiger charge is -2.21. The van der Waals surface area contributed by atoms with Gasteiger partial charge in [0.1, 0.15) is 5.75 Å². The predicted octanol–water partition coefficient (Wildman–Crippen LogP) is 2.12. The van der Waals surface area contributed by atoms with E-state index in [1.807, 2.05) is 18.2 Å². The van der Waals surface area contributed by atoms with Crippen LogP contribution < -0.4 is 5.90 Å². The fourth-order valence-electron chi connectivity index (χ4n) is 1.57. The summed E-state index contributed by atoms with van der Waals surface area (Å²) >= 11 is 0. The minimum atomic E-state index is -0.0519. The Balaban J connectivity index is 3.01. The largest absolute Gasteiger partial charge is 0.507 e. The molecule has 0 saturated heterocycles. The summed E-state index contributed by atoms with van der Waals surface area (Å²) in [5.41, 5.74) is 1.79. The highest BCUT2D eigenvalue weighted by Gasteiger charge is 2.19. The molecule has 1 aromatic carbocycles. The molecule has 0 aromatic heterocycles. The van der Waals surface area contributed by atoms with Gasteiger partial charge in [0.2, 0.25) is 0 Å². The Labute approximate surface area is 90.8 Å². The number of hydrogen-bond donors (Lipinski definition) is 2. The molecule has 3 nitrogen and oxygen atoms in total. The summed E-state index contributed by atoms with van der Waals surface area (Å²) in [4.78, 5) is 4.52. The van der Waals surface area contributed by atoms with E-state index in [2.05, 4.69) is 25.6 Å². The molecule has 0 fully saturated rings. The molecule has 0 aliphatic rings. The monoisotopic (exact) mass is 209 g/mol. The van der Waals surface area contributed by atoms with Crippen LogP contribution in [0.15, 0.2) is 18.2 Å². The molecule has 0 heterocycles. The van der Waals surface area contributed by atoms with Crippen LogP contribution in [0.5, 0.6) is 5.75 Å². The van der Waals surface area contributed by atoms with Gasteiger partial charge in [-0.1, -0.05) is 39.0 Å². The zero-order valence-electron chi connectivity index (χ0n) is 9.58. The molecule has 1 rings (SSSR count). The number of para-hydroxylation sites is 1. The van der Waals surface area contributed by atoms with Crippen LogP contribution >= 0.6 is 0 Å². The van der Waals surface area contributed by atoms with E-state index in [0.29, 0.717) is 18.8 Å². The quantitative estimate of drug-likeness (QED) is 0.750. The standard InChI is InChI=1S/C12H19NO2/c1-12(2,3)10-6-4-5-9(11(10)14)7-8-15-13/h4-6,14H,7-8,13H2,1-3H3. The first-order chi connectivity index (χ1) is 6.96. The van der Waals surface area contributed by atoms with Gasteiger partial charge in [-0.05, 0) is 16.5 Å². The second-order valence-electron chi connectivity index (χ2n) is 4.68. The van der Waals surface area contributed by atoms with E-state index in [1.165, 1.54) is 0 Å². The van der Waals surface area contributed by atoms with E-state index in [9.17, 15) is 5.11 Å². The molecule has 0 spiro atoms. The van der Waals surface area contributed by atoms with E-state index in [0.717, 1.165) is 11.1 Å². The average molecular weight is 209 g/mol. The first-order valence-corrected chi connectivity index (χ1v) is 5.10. The van der Waals surface area contributed by atoms with Gasteiger partial charge in [0.25, 0.3) is 0 Å². The van der Waals surface area contributed by atoms with Crippen molar-refractivity contribution >= 4 is 0 Å². The molecule has 0 radical (unpaired) electrons. The van der Waals surface area contributed by atoms with Crippen molar-refractivity contribution in [2.45, 2.75) is 32.6 Å². The van der Waals surface area contributed by atoms with Crippen LogP contribution in [-0.4, -0.2) is 11.7 Å². The third kappa shape index (κ3) is 2.94. The molecule has 3 N–H and O–H groups in total. The molecule has 0 atom stereocenters. The van der Waals surface area contributed by atoms with Crippen molar-refractivity contribution in [3.63, 3.8) is 0 Å². The normalized spacial score (nSPS) is 11.7. The number of phenols is 1. The maximum atomic E-state index is 10.1. The van der Waals surface area contributed by atoms with Gasteiger partial charge < -0.3 is 9.94 Å². The van der Waals surface area contributed by atoms with Crippen molar-refractivity contribution in [2.75, 3.05) is 6.61 Å². The second kappa shape index (κ2) is 4.64. The molecular formula is C12H19NO2. The highest BCUT2D eigenvalue weighted by Crippen LogP contribution is 2.33. The molecule has 0 unspecified atom stereocenters. The van der Waals surface area contributed by atoms with Crippen LogP contribution in [0.1, 0.15) is 31.9 Å². The van der Waals surface area contributed by atoms with Gasteiger partial charge in [0.05, 0.1) is 6.61 Å². The molecule has 0 aliphatic carbocycles. The van der Waals surface area contributed by atoms with E-state index >= 15 is 0 Å². The van der Waals surface area contributed by atoms with Gasteiger partial charge >= 0.3 is 0 Å². The third-order valence-electron chi connectivity index (χ3n) is 2.42. The Morgan fingerprint density at radius 1 is 1.33 bits per heavy atom. The van der Waals surface area contributed by atoms with Crippen molar-refractivity contribution in [3.05, 3.63) is 29.3 Å². The molecule has 84 valence electrons. The maximum Gasteiger partial charge on any atom is 0.122 e. The average Bonchev–Trinajstić information content (AvgIpc) is 2.14. The summed E-state index contributed by atoms with van der Waals surface area (Å²) in [6.45, 7) is 6.64. The number of aromatic hydroxyl groups is 1. The second-order valence-corrected chi connectivity index (χ2v) is 4.68. The summed E-state index contributed by atoms with van der Waals surface area (Å²) in [5.74, 6) is 5.33. The number of rotatable bonds is 3. The van der Waals surface area contributed by atoms with Crippen LogP contribution in [-0.2, 0) is 16.7 Å². The van der Waals surface area contributed by atoms with Gasteiger partial charge in [-0.2, -0.15) is 0 Å². The smallest absolute Gasteiger partial charge is 0.122 e. The topological polar surface area (TPSA) is 55.5 Å². The maximum absolute atomic E-state index is 10.1. The van der Waals surface area contributed by atoms with E-state index < -0.39 is 0 Å². The van der Waals surface area contributed by atoms with Crippen LogP contribution in [0.25, 0.3) is 0 Å². The zero-order chi connectivity index (χ0) is 11.5. The molecule has 0 aliphatic heterocycles. The van der Waals surface area contributed by atoms with E-state index in [4.69, 9.17) is 5.90 Å². The highest BCUT2D eigenvalue weighted by molar-refractivity contribution is 5.44. The molecule has 0 amide bonds. The molecule has 0 saturated carbocycles. The third-order valence-corrected chi connectivity index (χ3v) is 2.42. The fourth-order valence-corrected chi connectivity index (χ4v) is 1.57. The van der Waals surface area contributed by atoms with Crippen molar-refractivity contribution in [3.8, 4) is 5.75 Å². The van der Waals surface area contributed by atoms with Gasteiger partial charge in [-0.3, -0.25) is 0 Å². The van der Waals surface area contributed by atoms with Gasteiger partial charge in [-0.25, -0.2) is 5.90 Å². The molecule has 3 heteroatoms. The number of hydrogen-bond acceptors (Lipinski definition) is 3. The lowest BCUT2D eigenvalue weighted by molar-refractivity contribution is 0.140. The summed E-state index contributed by atoms with van der Waals surface area (Å²) in [5, 5.41) is 10.1. The lowest BCUT2D eigenvalue weighted by Crippen LogP contribution is -2.12. The highest BCUT2D eigenvalue weighted by atomic mass is 16.6. The van der Waals surface area contributed by atoms with Crippen molar-refractivity contribution < 1.29 is 9.94 Å². The first kappa shape index (κ1) is 12.0. The number of phenolic OH excluding ortho intramolecular Hbond substituents is 1. The van der Waals surface area contributed by atoms with Gasteiger partial charge in [0.15, 0.2) is 0 Å². The summed E-state index contributed by atoms with van der Waals surface area (Å²) in [6.07, 6.45) is 0.631. The number of nitrogens with two attached hydrogens (primary N) is 1. The van der Waals surface area contributed by atoms with Crippen molar-refractivity contribution in [1.29, 1.82) is 0 Å². The first-order valence-electron chi connectivity index (χ1n) is 5.10. The molecule has 0 bridgehead atoms.